The summed E-state index contributed by atoms with van der Waals surface area (Å²) in [6.07, 6.45) is 4.82. The normalized spacial score (nSPS) is 16.6. The van der Waals surface area contributed by atoms with Gasteiger partial charge in [0.1, 0.15) is 5.69 Å². The summed E-state index contributed by atoms with van der Waals surface area (Å²) in [4.78, 5) is 26.4. The summed E-state index contributed by atoms with van der Waals surface area (Å²) in [5.41, 5.74) is -0.371. The Balaban J connectivity index is 2.20. The summed E-state index contributed by atoms with van der Waals surface area (Å²) in [5.74, 6) is 0. The van der Waals surface area contributed by atoms with Gasteiger partial charge in [0, 0.05) is 12.2 Å². The van der Waals surface area contributed by atoms with Gasteiger partial charge in [-0.15, -0.1) is 0 Å². The van der Waals surface area contributed by atoms with E-state index in [1.165, 1.54) is 12.6 Å². The van der Waals surface area contributed by atoms with Crippen molar-refractivity contribution in [3.8, 4) is 0 Å². The van der Waals surface area contributed by atoms with E-state index < -0.39 is 5.69 Å². The second-order valence-corrected chi connectivity index (χ2v) is 3.26. The summed E-state index contributed by atoms with van der Waals surface area (Å²) >= 11 is 0. The van der Waals surface area contributed by atoms with Gasteiger partial charge in [-0.25, -0.2) is 4.79 Å². The molecule has 0 aromatic carbocycles. The summed E-state index contributed by atoms with van der Waals surface area (Å²) in [5, 5.41) is 3.06. The van der Waals surface area contributed by atoms with Crippen LogP contribution in [-0.2, 0) is 0 Å². The number of H-pyrrole nitrogens is 2. The second kappa shape index (κ2) is 3.08. The fourth-order valence-electron chi connectivity index (χ4n) is 1.29. The first-order valence-electron chi connectivity index (χ1n) is 4.34. The summed E-state index contributed by atoms with van der Waals surface area (Å²) < 4.78 is 0. The molecule has 0 saturated heterocycles. The van der Waals surface area contributed by atoms with Crippen LogP contribution in [0.15, 0.2) is 15.8 Å². The minimum Gasteiger partial charge on any atom is -0.377 e. The lowest BCUT2D eigenvalue weighted by Gasteiger charge is -2.26. The standard InChI is InChI=1S/C8H11N3O2/c12-7-6(4-9-8(13)11-7)10-5-2-1-3-5/h4-5,10H,1-3H2,(H2,9,11,12,13). The Morgan fingerprint density at radius 3 is 2.69 bits per heavy atom. The first-order valence-corrected chi connectivity index (χ1v) is 4.34. The quantitative estimate of drug-likeness (QED) is 0.602. The molecule has 1 aromatic rings. The monoisotopic (exact) mass is 181 g/mol. The maximum Gasteiger partial charge on any atom is 0.325 e. The zero-order chi connectivity index (χ0) is 9.26. The molecule has 0 amide bonds. The van der Waals surface area contributed by atoms with E-state index in [1.807, 2.05) is 0 Å². The minimum atomic E-state index is -0.468. The molecule has 5 nitrogen and oxygen atoms in total. The average Bonchev–Trinajstić information content (AvgIpc) is 1.99. The van der Waals surface area contributed by atoms with Crippen LogP contribution in [0.25, 0.3) is 0 Å². The molecule has 5 heteroatoms. The highest BCUT2D eigenvalue weighted by Gasteiger charge is 2.17. The zero-order valence-corrected chi connectivity index (χ0v) is 7.09. The molecule has 1 aromatic heterocycles. The molecule has 1 aliphatic carbocycles. The van der Waals surface area contributed by atoms with Gasteiger partial charge < -0.3 is 10.3 Å². The number of hydrogen-bond acceptors (Lipinski definition) is 3. The molecule has 1 saturated carbocycles. The molecular formula is C8H11N3O2. The minimum absolute atomic E-state index is 0.351. The van der Waals surface area contributed by atoms with Crippen LogP contribution in [0.4, 0.5) is 5.69 Å². The van der Waals surface area contributed by atoms with E-state index in [4.69, 9.17) is 0 Å². The van der Waals surface area contributed by atoms with Gasteiger partial charge in [0.2, 0.25) is 0 Å². The third-order valence-corrected chi connectivity index (χ3v) is 2.28. The molecule has 0 spiro atoms. The van der Waals surface area contributed by atoms with Gasteiger partial charge in [0.15, 0.2) is 0 Å². The van der Waals surface area contributed by atoms with Crippen LogP contribution in [0, 0.1) is 0 Å². The van der Waals surface area contributed by atoms with Crippen molar-refractivity contribution in [1.82, 2.24) is 9.97 Å². The molecule has 0 aliphatic heterocycles. The summed E-state index contributed by atoms with van der Waals surface area (Å²) in [6, 6.07) is 0.395. The van der Waals surface area contributed by atoms with Gasteiger partial charge in [-0.2, -0.15) is 0 Å². The molecule has 2 rings (SSSR count). The maximum atomic E-state index is 11.2. The van der Waals surface area contributed by atoms with Gasteiger partial charge >= 0.3 is 5.69 Å². The molecule has 0 radical (unpaired) electrons. The van der Waals surface area contributed by atoms with Crippen molar-refractivity contribution >= 4 is 5.69 Å². The van der Waals surface area contributed by atoms with Gasteiger partial charge in [0.05, 0.1) is 0 Å². The highest BCUT2D eigenvalue weighted by molar-refractivity contribution is 5.38. The highest BCUT2D eigenvalue weighted by atomic mass is 16.2. The van der Waals surface area contributed by atoms with Gasteiger partial charge in [-0.1, -0.05) is 0 Å². The SMILES string of the molecule is O=c1[nH]cc(NC2CCC2)c(=O)[nH]1. The van der Waals surface area contributed by atoms with Crippen LogP contribution in [0.2, 0.25) is 0 Å². The van der Waals surface area contributed by atoms with Crippen LogP contribution in [-0.4, -0.2) is 16.0 Å². The summed E-state index contributed by atoms with van der Waals surface area (Å²) in [7, 11) is 0. The Labute approximate surface area is 74.2 Å². The number of anilines is 1. The highest BCUT2D eigenvalue weighted by Crippen LogP contribution is 2.20. The number of aromatic amines is 2. The predicted molar refractivity (Wildman–Crippen MR) is 48.9 cm³/mol. The molecule has 0 atom stereocenters. The van der Waals surface area contributed by atoms with Gasteiger partial charge in [-0.05, 0) is 19.3 Å². The zero-order valence-electron chi connectivity index (χ0n) is 7.09. The van der Waals surface area contributed by atoms with Crippen molar-refractivity contribution in [2.75, 3.05) is 5.32 Å². The van der Waals surface area contributed by atoms with Crippen LogP contribution in [0.5, 0.6) is 0 Å². The van der Waals surface area contributed by atoms with E-state index in [1.54, 1.807) is 0 Å². The molecule has 1 heterocycles. The van der Waals surface area contributed by atoms with Crippen molar-refractivity contribution in [3.63, 3.8) is 0 Å². The Hall–Kier alpha value is -1.52. The number of aromatic nitrogens is 2. The Morgan fingerprint density at radius 1 is 1.38 bits per heavy atom. The van der Waals surface area contributed by atoms with E-state index in [-0.39, 0.29) is 5.56 Å². The number of rotatable bonds is 2. The molecule has 0 bridgehead atoms. The Morgan fingerprint density at radius 2 is 2.15 bits per heavy atom. The van der Waals surface area contributed by atoms with Crippen molar-refractivity contribution in [3.05, 3.63) is 27.0 Å². The predicted octanol–water partition coefficient (Wildman–Crippen LogP) is 0.0276. The van der Waals surface area contributed by atoms with Crippen molar-refractivity contribution in [2.24, 2.45) is 0 Å². The molecular weight excluding hydrogens is 170 g/mol. The fraction of sp³-hybridized carbons (Fsp3) is 0.500. The Bertz CT molecular complexity index is 402. The lowest BCUT2D eigenvalue weighted by molar-refractivity contribution is 0.445. The van der Waals surface area contributed by atoms with Gasteiger partial charge in [0.25, 0.3) is 5.56 Å². The van der Waals surface area contributed by atoms with E-state index >= 15 is 0 Å². The van der Waals surface area contributed by atoms with E-state index in [9.17, 15) is 9.59 Å². The molecule has 70 valence electrons. The van der Waals surface area contributed by atoms with Crippen LogP contribution in [0.3, 0.4) is 0 Å². The van der Waals surface area contributed by atoms with Crippen LogP contribution < -0.4 is 16.6 Å². The molecule has 0 unspecified atom stereocenters. The first-order chi connectivity index (χ1) is 6.25. The van der Waals surface area contributed by atoms with Gasteiger partial charge in [-0.3, -0.25) is 9.78 Å². The van der Waals surface area contributed by atoms with Crippen molar-refractivity contribution in [1.29, 1.82) is 0 Å². The van der Waals surface area contributed by atoms with E-state index in [0.29, 0.717) is 11.7 Å². The van der Waals surface area contributed by atoms with Crippen molar-refractivity contribution < 1.29 is 0 Å². The van der Waals surface area contributed by atoms with Crippen LogP contribution >= 0.6 is 0 Å². The molecule has 3 N–H and O–H groups in total. The third-order valence-electron chi connectivity index (χ3n) is 2.28. The number of nitrogens with one attached hydrogen (secondary N) is 3. The average molecular weight is 181 g/mol. The topological polar surface area (TPSA) is 77.8 Å². The largest absolute Gasteiger partial charge is 0.377 e. The van der Waals surface area contributed by atoms with Crippen LogP contribution in [0.1, 0.15) is 19.3 Å². The molecule has 1 aliphatic rings. The van der Waals surface area contributed by atoms with E-state index in [2.05, 4.69) is 15.3 Å². The third kappa shape index (κ3) is 1.63. The first kappa shape index (κ1) is 8.10. The maximum absolute atomic E-state index is 11.2. The molecule has 1 fully saturated rings. The smallest absolute Gasteiger partial charge is 0.325 e. The summed E-state index contributed by atoms with van der Waals surface area (Å²) in [6.45, 7) is 0. The molecule has 13 heavy (non-hydrogen) atoms. The Kier molecular flexibility index (Phi) is 1.92. The lowest BCUT2D eigenvalue weighted by Crippen LogP contribution is -2.32. The second-order valence-electron chi connectivity index (χ2n) is 3.26. The lowest BCUT2D eigenvalue weighted by atomic mass is 9.93. The number of hydrogen-bond donors (Lipinski definition) is 3. The van der Waals surface area contributed by atoms with E-state index in [0.717, 1.165) is 12.8 Å². The van der Waals surface area contributed by atoms with Crippen molar-refractivity contribution in [2.45, 2.75) is 25.3 Å². The fourth-order valence-corrected chi connectivity index (χ4v) is 1.29.